The summed E-state index contributed by atoms with van der Waals surface area (Å²) < 4.78 is 0. The number of para-hydroxylation sites is 2. The lowest BCUT2D eigenvalue weighted by molar-refractivity contribution is -0.114. The summed E-state index contributed by atoms with van der Waals surface area (Å²) in [6.07, 6.45) is 5.04. The quantitative estimate of drug-likeness (QED) is 0.731. The highest BCUT2D eigenvalue weighted by atomic mass is 16.2. The summed E-state index contributed by atoms with van der Waals surface area (Å²) in [5, 5.41) is 0.942. The minimum absolute atomic E-state index is 0.0975. The molecule has 25 heavy (non-hydrogen) atoms. The monoisotopic (exact) mass is 330 g/mol. The summed E-state index contributed by atoms with van der Waals surface area (Å²) in [6, 6.07) is 17.4. The fourth-order valence-corrected chi connectivity index (χ4v) is 3.30. The number of carbonyl (C=O) groups is 1. The summed E-state index contributed by atoms with van der Waals surface area (Å²) in [5.41, 5.74) is 3.25. The van der Waals surface area contributed by atoms with Crippen molar-refractivity contribution in [2.75, 3.05) is 11.4 Å². The molecule has 1 N–H and O–H groups in total. The van der Waals surface area contributed by atoms with Gasteiger partial charge in [0.05, 0.1) is 0 Å². The van der Waals surface area contributed by atoms with Crippen molar-refractivity contribution in [1.82, 2.24) is 4.98 Å². The van der Waals surface area contributed by atoms with Crippen molar-refractivity contribution in [2.45, 2.75) is 12.8 Å². The van der Waals surface area contributed by atoms with E-state index in [1.54, 1.807) is 11.0 Å². The largest absolute Gasteiger partial charge is 0.321 e. The van der Waals surface area contributed by atoms with Gasteiger partial charge in [-0.25, -0.2) is 0 Å². The molecule has 2 heterocycles. The number of fused-ring (bicyclic) bond motifs is 2. The van der Waals surface area contributed by atoms with Gasteiger partial charge in [0.15, 0.2) is 0 Å². The molecule has 0 bridgehead atoms. The highest BCUT2D eigenvalue weighted by molar-refractivity contribution is 6.04. The smallest absolute Gasteiger partial charge is 0.255 e. The number of aromatic amines is 1. The van der Waals surface area contributed by atoms with Crippen LogP contribution in [0.2, 0.25) is 0 Å². The SMILES string of the molecule is O=C(/C=C/c1cc2ccccc2[nH]c1=O)N1CCCc2ccccc21. The zero-order valence-electron chi connectivity index (χ0n) is 13.7. The van der Waals surface area contributed by atoms with Crippen LogP contribution in [0.4, 0.5) is 5.69 Å². The van der Waals surface area contributed by atoms with E-state index >= 15 is 0 Å². The van der Waals surface area contributed by atoms with Crippen molar-refractivity contribution in [3.05, 3.63) is 82.2 Å². The van der Waals surface area contributed by atoms with Crippen LogP contribution in [0, 0.1) is 0 Å². The third-order valence-corrected chi connectivity index (χ3v) is 4.56. The number of H-pyrrole nitrogens is 1. The summed E-state index contributed by atoms with van der Waals surface area (Å²) in [5.74, 6) is -0.0975. The van der Waals surface area contributed by atoms with Crippen molar-refractivity contribution in [2.24, 2.45) is 0 Å². The van der Waals surface area contributed by atoms with Crippen LogP contribution in [-0.2, 0) is 11.2 Å². The van der Waals surface area contributed by atoms with Gasteiger partial charge in [0.2, 0.25) is 0 Å². The lowest BCUT2D eigenvalue weighted by Crippen LogP contribution is -2.34. The highest BCUT2D eigenvalue weighted by Crippen LogP contribution is 2.26. The van der Waals surface area contributed by atoms with Gasteiger partial charge < -0.3 is 9.88 Å². The molecule has 2 aromatic carbocycles. The Morgan fingerprint density at radius 1 is 1.08 bits per heavy atom. The number of hydrogen-bond acceptors (Lipinski definition) is 2. The number of rotatable bonds is 2. The lowest BCUT2D eigenvalue weighted by atomic mass is 10.0. The first-order valence-electron chi connectivity index (χ1n) is 8.42. The molecule has 1 amide bonds. The Labute approximate surface area is 145 Å². The first kappa shape index (κ1) is 15.4. The summed E-state index contributed by atoms with van der Waals surface area (Å²) in [6.45, 7) is 0.703. The Morgan fingerprint density at radius 2 is 1.88 bits per heavy atom. The zero-order valence-corrected chi connectivity index (χ0v) is 13.7. The van der Waals surface area contributed by atoms with E-state index in [0.717, 1.165) is 29.4 Å². The second-order valence-corrected chi connectivity index (χ2v) is 6.20. The Bertz CT molecular complexity index is 1030. The van der Waals surface area contributed by atoms with Gasteiger partial charge >= 0.3 is 0 Å². The Morgan fingerprint density at radius 3 is 2.80 bits per heavy atom. The minimum Gasteiger partial charge on any atom is -0.321 e. The van der Waals surface area contributed by atoms with Crippen molar-refractivity contribution in [3.63, 3.8) is 0 Å². The third-order valence-electron chi connectivity index (χ3n) is 4.56. The van der Waals surface area contributed by atoms with Gasteiger partial charge in [-0.1, -0.05) is 36.4 Å². The topological polar surface area (TPSA) is 53.2 Å². The second-order valence-electron chi connectivity index (χ2n) is 6.20. The van der Waals surface area contributed by atoms with Gasteiger partial charge in [0, 0.05) is 29.4 Å². The number of amides is 1. The molecule has 0 aliphatic carbocycles. The average Bonchev–Trinajstić information content (AvgIpc) is 2.65. The number of nitrogens with zero attached hydrogens (tertiary/aromatic N) is 1. The number of benzene rings is 2. The maximum atomic E-state index is 12.6. The predicted molar refractivity (Wildman–Crippen MR) is 101 cm³/mol. The van der Waals surface area contributed by atoms with Crippen molar-refractivity contribution >= 4 is 28.6 Å². The van der Waals surface area contributed by atoms with Crippen molar-refractivity contribution < 1.29 is 4.79 Å². The van der Waals surface area contributed by atoms with Gasteiger partial charge in [-0.3, -0.25) is 9.59 Å². The number of aryl methyl sites for hydroxylation is 1. The summed E-state index contributed by atoms with van der Waals surface area (Å²) >= 11 is 0. The Kier molecular flexibility index (Phi) is 3.94. The molecule has 4 nitrogen and oxygen atoms in total. The molecule has 4 heteroatoms. The number of pyridine rings is 1. The first-order valence-corrected chi connectivity index (χ1v) is 8.42. The fraction of sp³-hybridized carbons (Fsp3) is 0.143. The molecule has 0 atom stereocenters. The number of carbonyl (C=O) groups excluding carboxylic acids is 1. The molecule has 0 fully saturated rings. The molecule has 0 saturated carbocycles. The van der Waals surface area contributed by atoms with E-state index in [4.69, 9.17) is 0 Å². The number of nitrogens with one attached hydrogen (secondary N) is 1. The number of aromatic nitrogens is 1. The molecule has 0 saturated heterocycles. The molecule has 1 aliphatic rings. The molecule has 4 rings (SSSR count). The van der Waals surface area contributed by atoms with Crippen molar-refractivity contribution in [3.8, 4) is 0 Å². The zero-order chi connectivity index (χ0) is 17.2. The molecule has 124 valence electrons. The fourth-order valence-electron chi connectivity index (χ4n) is 3.30. The van der Waals surface area contributed by atoms with Crippen LogP contribution in [0.15, 0.2) is 65.5 Å². The highest BCUT2D eigenvalue weighted by Gasteiger charge is 2.20. The van der Waals surface area contributed by atoms with E-state index in [-0.39, 0.29) is 11.5 Å². The van der Waals surface area contributed by atoms with Crippen LogP contribution >= 0.6 is 0 Å². The van der Waals surface area contributed by atoms with Gasteiger partial charge in [-0.05, 0) is 48.1 Å². The molecule has 0 spiro atoms. The minimum atomic E-state index is -0.193. The van der Waals surface area contributed by atoms with Gasteiger partial charge in [-0.15, -0.1) is 0 Å². The predicted octanol–water partition coefficient (Wildman–Crippen LogP) is 3.52. The van der Waals surface area contributed by atoms with Crippen LogP contribution in [0.1, 0.15) is 17.5 Å². The van der Waals surface area contributed by atoms with Crippen LogP contribution in [0.3, 0.4) is 0 Å². The van der Waals surface area contributed by atoms with Crippen LogP contribution in [0.5, 0.6) is 0 Å². The van der Waals surface area contributed by atoms with E-state index in [1.165, 1.54) is 11.6 Å². The van der Waals surface area contributed by atoms with Gasteiger partial charge in [0.25, 0.3) is 11.5 Å². The van der Waals surface area contributed by atoms with E-state index in [1.807, 2.05) is 48.5 Å². The van der Waals surface area contributed by atoms with E-state index in [2.05, 4.69) is 11.1 Å². The Hall–Kier alpha value is -3.14. The van der Waals surface area contributed by atoms with Gasteiger partial charge in [0.1, 0.15) is 0 Å². The van der Waals surface area contributed by atoms with E-state index < -0.39 is 0 Å². The standard InChI is InChI=1S/C21H18N2O2/c24-20(23-13-5-8-15-6-2-4-10-19(15)23)12-11-17-14-16-7-1-3-9-18(16)22-21(17)25/h1-4,6-7,9-12,14H,5,8,13H2,(H,22,25)/b12-11+. The van der Waals surface area contributed by atoms with Crippen molar-refractivity contribution in [1.29, 1.82) is 0 Å². The molecule has 3 aromatic rings. The van der Waals surface area contributed by atoms with E-state index in [9.17, 15) is 9.59 Å². The second kappa shape index (κ2) is 6.40. The summed E-state index contributed by atoms with van der Waals surface area (Å²) in [7, 11) is 0. The molecular weight excluding hydrogens is 312 g/mol. The van der Waals surface area contributed by atoms with Crippen LogP contribution in [0.25, 0.3) is 17.0 Å². The third kappa shape index (κ3) is 2.98. The van der Waals surface area contributed by atoms with Gasteiger partial charge in [-0.2, -0.15) is 0 Å². The average molecular weight is 330 g/mol. The molecular formula is C21H18N2O2. The normalized spacial score (nSPS) is 14.0. The molecule has 1 aliphatic heterocycles. The van der Waals surface area contributed by atoms with Crippen LogP contribution < -0.4 is 10.5 Å². The first-order chi connectivity index (χ1) is 12.2. The number of hydrogen-bond donors (Lipinski definition) is 1. The maximum Gasteiger partial charge on any atom is 0.255 e. The molecule has 1 aromatic heterocycles. The Balaban J connectivity index is 1.63. The van der Waals surface area contributed by atoms with Crippen LogP contribution in [-0.4, -0.2) is 17.4 Å². The van der Waals surface area contributed by atoms with E-state index in [0.29, 0.717) is 12.1 Å². The molecule has 0 radical (unpaired) electrons. The lowest BCUT2D eigenvalue weighted by Gasteiger charge is -2.28. The summed E-state index contributed by atoms with van der Waals surface area (Å²) in [4.78, 5) is 29.5. The number of anilines is 1. The maximum absolute atomic E-state index is 12.6. The molecule has 0 unspecified atom stereocenters.